The molecule has 1 N–H and O–H groups in total. The number of fused-ring (bicyclic) bond motifs is 1. The first-order valence-corrected chi connectivity index (χ1v) is 9.34. The van der Waals surface area contributed by atoms with Crippen molar-refractivity contribution in [3.8, 4) is 0 Å². The van der Waals surface area contributed by atoms with Gasteiger partial charge < -0.3 is 9.88 Å². The van der Waals surface area contributed by atoms with Gasteiger partial charge in [-0.05, 0) is 48.1 Å². The number of carbonyl (C=O) groups excluding carboxylic acids is 1. The zero-order valence-electron chi connectivity index (χ0n) is 16.3. The van der Waals surface area contributed by atoms with Crippen molar-refractivity contribution in [2.24, 2.45) is 5.41 Å². The maximum absolute atomic E-state index is 13.5. The third-order valence-corrected chi connectivity index (χ3v) is 6.25. The van der Waals surface area contributed by atoms with E-state index in [1.54, 1.807) is 17.0 Å². The second-order valence-electron chi connectivity index (χ2n) is 8.41. The van der Waals surface area contributed by atoms with Gasteiger partial charge in [0, 0.05) is 23.6 Å². The monoisotopic (exact) mass is 364 g/mol. The van der Waals surface area contributed by atoms with E-state index in [4.69, 9.17) is 0 Å². The Labute approximate surface area is 159 Å². The zero-order valence-corrected chi connectivity index (χ0v) is 16.3. The lowest BCUT2D eigenvalue weighted by atomic mass is 9.86. The van der Waals surface area contributed by atoms with Crippen LogP contribution in [0.2, 0.25) is 0 Å². The van der Waals surface area contributed by atoms with Crippen LogP contribution in [0.15, 0.2) is 48.5 Å². The Hall–Kier alpha value is -2.62. The molecule has 0 unspecified atom stereocenters. The van der Waals surface area contributed by atoms with E-state index in [9.17, 15) is 9.18 Å². The molecule has 1 fully saturated rings. The average molecular weight is 364 g/mol. The maximum atomic E-state index is 13.5. The molecule has 1 aromatic heterocycles. The lowest BCUT2D eigenvalue weighted by Gasteiger charge is -2.27. The molecule has 4 heteroatoms. The molecule has 1 saturated carbocycles. The highest BCUT2D eigenvalue weighted by molar-refractivity contribution is 5.93. The Morgan fingerprint density at radius 2 is 1.78 bits per heavy atom. The highest BCUT2D eigenvalue weighted by Gasteiger charge is 2.67. The second kappa shape index (κ2) is 5.95. The number of nitrogens with one attached hydrogen (secondary N) is 1. The summed E-state index contributed by atoms with van der Waals surface area (Å²) < 4.78 is 13.4. The fraction of sp³-hybridized carbons (Fsp3) is 0.348. The Balaban J connectivity index is 1.64. The van der Waals surface area contributed by atoms with Gasteiger partial charge in [0.1, 0.15) is 5.82 Å². The Morgan fingerprint density at radius 3 is 2.37 bits per heavy atom. The minimum absolute atomic E-state index is 0.0946. The van der Waals surface area contributed by atoms with Crippen LogP contribution in [-0.2, 0) is 16.8 Å². The summed E-state index contributed by atoms with van der Waals surface area (Å²) in [7, 11) is 1.85. The summed E-state index contributed by atoms with van der Waals surface area (Å²) >= 11 is 0. The summed E-state index contributed by atoms with van der Waals surface area (Å²) in [6.45, 7) is 6.83. The molecule has 1 aliphatic rings. The number of hydrogen-bond donors (Lipinski definition) is 1. The van der Waals surface area contributed by atoms with Crippen LogP contribution in [0.25, 0.3) is 10.9 Å². The molecule has 3 nitrogen and oxygen atoms in total. The van der Waals surface area contributed by atoms with Crippen LogP contribution in [-0.4, -0.2) is 22.8 Å². The van der Waals surface area contributed by atoms with Gasteiger partial charge in [0.15, 0.2) is 0 Å². The number of para-hydroxylation sites is 1. The topological polar surface area (TPSA) is 36.1 Å². The third kappa shape index (κ3) is 2.66. The molecule has 1 heterocycles. The van der Waals surface area contributed by atoms with Gasteiger partial charge in [0.25, 0.3) is 0 Å². The predicted molar refractivity (Wildman–Crippen MR) is 106 cm³/mol. The van der Waals surface area contributed by atoms with Gasteiger partial charge in [-0.25, -0.2) is 4.39 Å². The number of benzene rings is 2. The summed E-state index contributed by atoms with van der Waals surface area (Å²) in [5.41, 5.74) is 3.52. The fourth-order valence-electron chi connectivity index (χ4n) is 4.47. The smallest absolute Gasteiger partial charge is 0.233 e. The van der Waals surface area contributed by atoms with Gasteiger partial charge in [0.05, 0.1) is 12.0 Å². The molecule has 1 amide bonds. The van der Waals surface area contributed by atoms with Crippen LogP contribution in [0.5, 0.6) is 0 Å². The molecule has 3 aromatic rings. The van der Waals surface area contributed by atoms with Gasteiger partial charge in [-0.2, -0.15) is 0 Å². The minimum atomic E-state index is -0.574. The van der Waals surface area contributed by atoms with Crippen LogP contribution in [0.4, 0.5) is 4.39 Å². The van der Waals surface area contributed by atoms with Crippen molar-refractivity contribution in [1.29, 1.82) is 0 Å². The van der Waals surface area contributed by atoms with Crippen LogP contribution < -0.4 is 0 Å². The number of hydrogen-bond acceptors (Lipinski definition) is 1. The number of aromatic nitrogens is 1. The zero-order chi connectivity index (χ0) is 19.4. The molecule has 1 atom stereocenters. The third-order valence-electron chi connectivity index (χ3n) is 6.25. The number of aromatic amines is 1. The van der Waals surface area contributed by atoms with Crippen molar-refractivity contribution in [1.82, 2.24) is 9.88 Å². The number of rotatable bonds is 4. The van der Waals surface area contributed by atoms with Crippen molar-refractivity contribution < 1.29 is 9.18 Å². The van der Waals surface area contributed by atoms with E-state index < -0.39 is 5.41 Å². The first-order chi connectivity index (χ1) is 12.8. The van der Waals surface area contributed by atoms with Crippen LogP contribution in [0.1, 0.15) is 37.1 Å². The van der Waals surface area contributed by atoms with Gasteiger partial charge in [-0.1, -0.05) is 44.2 Å². The van der Waals surface area contributed by atoms with E-state index in [1.165, 1.54) is 23.1 Å². The van der Waals surface area contributed by atoms with Crippen LogP contribution >= 0.6 is 0 Å². The average Bonchev–Trinajstić information content (AvgIpc) is 3.10. The highest BCUT2D eigenvalue weighted by atomic mass is 19.1. The normalized spacial score (nSPS) is 20.6. The Kier molecular flexibility index (Phi) is 3.91. The summed E-state index contributed by atoms with van der Waals surface area (Å²) in [5.74, 6) is -0.181. The van der Waals surface area contributed by atoms with Crippen molar-refractivity contribution in [3.63, 3.8) is 0 Å². The highest BCUT2D eigenvalue weighted by Crippen LogP contribution is 2.65. The maximum Gasteiger partial charge on any atom is 0.233 e. The summed E-state index contributed by atoms with van der Waals surface area (Å²) in [6.07, 6.45) is 0.778. The quantitative estimate of drug-likeness (QED) is 0.699. The first kappa shape index (κ1) is 17.8. The predicted octanol–water partition coefficient (Wildman–Crippen LogP) is 4.94. The summed E-state index contributed by atoms with van der Waals surface area (Å²) in [4.78, 5) is 18.7. The standard InChI is InChI=1S/C23H25FN2O/c1-15-18-7-5-6-8-19(18)25-20(15)13-26(4)21(27)23(14-22(23,2)3)16-9-11-17(24)12-10-16/h5-12,25H,13-14H2,1-4H3/t23-/m1/s1. The lowest BCUT2D eigenvalue weighted by molar-refractivity contribution is -0.134. The van der Waals surface area contributed by atoms with Crippen molar-refractivity contribution in [3.05, 3.63) is 71.2 Å². The molecule has 140 valence electrons. The number of H-pyrrole nitrogens is 1. The van der Waals surface area contributed by atoms with Gasteiger partial charge >= 0.3 is 0 Å². The van der Waals surface area contributed by atoms with E-state index >= 15 is 0 Å². The Morgan fingerprint density at radius 1 is 1.15 bits per heavy atom. The molecule has 0 bridgehead atoms. The molecular weight excluding hydrogens is 339 g/mol. The van der Waals surface area contributed by atoms with E-state index in [2.05, 4.69) is 37.9 Å². The molecule has 2 aromatic carbocycles. The van der Waals surface area contributed by atoms with E-state index in [1.807, 2.05) is 19.2 Å². The molecule has 0 radical (unpaired) electrons. The summed E-state index contributed by atoms with van der Waals surface area (Å²) in [6, 6.07) is 14.6. The minimum Gasteiger partial charge on any atom is -0.357 e. The van der Waals surface area contributed by atoms with E-state index in [0.29, 0.717) is 6.54 Å². The van der Waals surface area contributed by atoms with Crippen molar-refractivity contribution in [2.75, 3.05) is 7.05 Å². The molecule has 27 heavy (non-hydrogen) atoms. The molecule has 0 saturated heterocycles. The Bertz CT molecular complexity index is 1020. The molecular formula is C23H25FN2O. The van der Waals surface area contributed by atoms with Gasteiger partial charge in [-0.3, -0.25) is 4.79 Å². The van der Waals surface area contributed by atoms with Gasteiger partial charge in [0.2, 0.25) is 5.91 Å². The lowest BCUT2D eigenvalue weighted by Crippen LogP contribution is -2.39. The van der Waals surface area contributed by atoms with Crippen molar-refractivity contribution in [2.45, 2.75) is 39.2 Å². The number of halogens is 1. The van der Waals surface area contributed by atoms with E-state index in [0.717, 1.165) is 23.2 Å². The second-order valence-corrected chi connectivity index (χ2v) is 8.41. The number of amides is 1. The number of carbonyl (C=O) groups is 1. The summed E-state index contributed by atoms with van der Waals surface area (Å²) in [5, 5.41) is 1.19. The molecule has 1 aliphatic carbocycles. The largest absolute Gasteiger partial charge is 0.357 e. The molecule has 0 spiro atoms. The van der Waals surface area contributed by atoms with Crippen LogP contribution in [0.3, 0.4) is 0 Å². The number of likely N-dealkylation sites (N-methyl/N-ethyl adjacent to an activating group) is 1. The number of nitrogens with zero attached hydrogens (tertiary/aromatic N) is 1. The SMILES string of the molecule is Cc1c(CN(C)C(=O)[C@]2(c3ccc(F)cc3)CC2(C)C)[nH]c2ccccc12. The van der Waals surface area contributed by atoms with Gasteiger partial charge in [-0.15, -0.1) is 0 Å². The van der Waals surface area contributed by atoms with Crippen LogP contribution in [0, 0.1) is 18.2 Å². The molecule has 4 rings (SSSR count). The fourth-order valence-corrected chi connectivity index (χ4v) is 4.47. The first-order valence-electron chi connectivity index (χ1n) is 9.34. The van der Waals surface area contributed by atoms with E-state index in [-0.39, 0.29) is 17.1 Å². The van der Waals surface area contributed by atoms with Crippen molar-refractivity contribution >= 4 is 16.8 Å². The number of aryl methyl sites for hydroxylation is 1. The molecule has 0 aliphatic heterocycles.